The topological polar surface area (TPSA) is 8.17 Å². The number of aromatic nitrogens is 1. The molecule has 13 rings (SSSR count). The lowest BCUT2D eigenvalue weighted by Gasteiger charge is -2.28. The van der Waals surface area contributed by atoms with Crippen LogP contribution in [0.5, 0.6) is 0 Å². The van der Waals surface area contributed by atoms with Crippen LogP contribution in [0, 0.1) is 5.82 Å². The third-order valence-electron chi connectivity index (χ3n) is 14.0. The van der Waals surface area contributed by atoms with Crippen LogP contribution in [0.15, 0.2) is 212 Å². The molecule has 0 amide bonds. The number of benzene rings is 11. The van der Waals surface area contributed by atoms with E-state index in [1.165, 1.54) is 76.5 Å². The summed E-state index contributed by atoms with van der Waals surface area (Å²) in [6.07, 6.45) is 0. The van der Waals surface area contributed by atoms with Crippen molar-refractivity contribution in [2.24, 2.45) is 0 Å². The number of fused-ring (bicyclic) bond motifs is 7. The van der Waals surface area contributed by atoms with Crippen molar-refractivity contribution in [1.82, 2.24) is 4.57 Å². The zero-order valence-corrected chi connectivity index (χ0v) is 35.5. The Morgan fingerprint density at radius 1 is 0.391 bits per heavy atom. The second-order valence-corrected chi connectivity index (χ2v) is 17.9. The maximum absolute atomic E-state index is 14.3. The summed E-state index contributed by atoms with van der Waals surface area (Å²) >= 11 is 0. The Morgan fingerprint density at radius 3 is 1.75 bits per heavy atom. The molecule has 3 heteroatoms. The Bertz CT molecular complexity index is 3770. The van der Waals surface area contributed by atoms with Gasteiger partial charge in [-0.05, 0) is 156 Å². The van der Waals surface area contributed by atoms with Gasteiger partial charge in [0.2, 0.25) is 0 Å². The summed E-state index contributed by atoms with van der Waals surface area (Å²) < 4.78 is 16.6. The van der Waals surface area contributed by atoms with E-state index in [1.54, 1.807) is 12.1 Å². The van der Waals surface area contributed by atoms with E-state index >= 15 is 0 Å². The molecule has 64 heavy (non-hydrogen) atoms. The van der Waals surface area contributed by atoms with E-state index in [0.717, 1.165) is 44.9 Å². The van der Waals surface area contributed by atoms with Crippen LogP contribution >= 0.6 is 0 Å². The predicted octanol–water partition coefficient (Wildman–Crippen LogP) is 16.9. The van der Waals surface area contributed by atoms with Crippen molar-refractivity contribution < 1.29 is 4.39 Å². The summed E-state index contributed by atoms with van der Waals surface area (Å²) in [6, 6.07) is 75.9. The summed E-state index contributed by atoms with van der Waals surface area (Å²) in [7, 11) is 0. The van der Waals surface area contributed by atoms with Gasteiger partial charge in [-0.15, -0.1) is 0 Å². The zero-order valence-electron chi connectivity index (χ0n) is 35.5. The molecule has 12 aromatic rings. The molecule has 0 saturated carbocycles. The van der Waals surface area contributed by atoms with Gasteiger partial charge in [0.1, 0.15) is 5.82 Å². The van der Waals surface area contributed by atoms with Crippen molar-refractivity contribution in [1.29, 1.82) is 0 Å². The van der Waals surface area contributed by atoms with Gasteiger partial charge < -0.3 is 9.47 Å². The highest BCUT2D eigenvalue weighted by atomic mass is 19.1. The number of rotatable bonds is 6. The molecule has 0 spiro atoms. The van der Waals surface area contributed by atoms with Gasteiger partial charge in [-0.1, -0.05) is 147 Å². The van der Waals surface area contributed by atoms with Gasteiger partial charge in [0.15, 0.2) is 0 Å². The predicted molar refractivity (Wildman–Crippen MR) is 268 cm³/mol. The van der Waals surface area contributed by atoms with Crippen LogP contribution in [0.4, 0.5) is 21.5 Å². The normalized spacial score (nSPS) is 13.0. The first-order chi connectivity index (χ1) is 31.4. The van der Waals surface area contributed by atoms with Crippen LogP contribution in [0.2, 0.25) is 0 Å². The summed E-state index contributed by atoms with van der Waals surface area (Å²) in [5.74, 6) is -0.244. The highest BCUT2D eigenvalue weighted by Crippen LogP contribution is 2.51. The Kier molecular flexibility index (Phi) is 7.87. The van der Waals surface area contributed by atoms with E-state index in [4.69, 9.17) is 0 Å². The summed E-state index contributed by atoms with van der Waals surface area (Å²) in [5, 5.41) is 9.86. The maximum atomic E-state index is 14.3. The molecule has 0 fully saturated rings. The first-order valence-electron chi connectivity index (χ1n) is 22.1. The molecule has 11 aromatic carbocycles. The molecule has 302 valence electrons. The summed E-state index contributed by atoms with van der Waals surface area (Å²) in [5.41, 5.74) is 16.3. The Labute approximate surface area is 371 Å². The number of anilines is 3. The average molecular weight is 821 g/mol. The number of nitrogens with zero attached hydrogens (tertiary/aromatic N) is 2. The van der Waals surface area contributed by atoms with Gasteiger partial charge in [0.05, 0.1) is 11.0 Å². The van der Waals surface area contributed by atoms with Crippen molar-refractivity contribution in [3.05, 3.63) is 229 Å². The van der Waals surface area contributed by atoms with Gasteiger partial charge in [0.25, 0.3) is 0 Å². The lowest BCUT2D eigenvalue weighted by atomic mass is 9.82. The third-order valence-corrected chi connectivity index (χ3v) is 14.0. The smallest absolute Gasteiger partial charge is 0.123 e. The number of halogens is 1. The molecule has 1 heterocycles. The Balaban J connectivity index is 0.965. The fourth-order valence-electron chi connectivity index (χ4n) is 10.9. The number of hydrogen-bond acceptors (Lipinski definition) is 1. The molecule has 0 aliphatic heterocycles. The van der Waals surface area contributed by atoms with Crippen molar-refractivity contribution in [2.75, 3.05) is 4.90 Å². The number of hydrogen-bond donors (Lipinski definition) is 0. The van der Waals surface area contributed by atoms with Crippen LogP contribution in [0.1, 0.15) is 25.0 Å². The second kappa shape index (κ2) is 13.7. The second-order valence-electron chi connectivity index (χ2n) is 17.9. The molecule has 1 aliphatic rings. The first-order valence-corrected chi connectivity index (χ1v) is 22.1. The molecular formula is C61H41FN2. The van der Waals surface area contributed by atoms with Gasteiger partial charge in [-0.25, -0.2) is 4.39 Å². The minimum atomic E-state index is -0.244. The molecule has 1 aliphatic carbocycles. The molecule has 0 atom stereocenters. The van der Waals surface area contributed by atoms with Gasteiger partial charge >= 0.3 is 0 Å². The maximum Gasteiger partial charge on any atom is 0.123 e. The van der Waals surface area contributed by atoms with Crippen LogP contribution in [0.3, 0.4) is 0 Å². The highest BCUT2D eigenvalue weighted by Gasteiger charge is 2.35. The van der Waals surface area contributed by atoms with E-state index in [2.05, 4.69) is 211 Å². The Morgan fingerprint density at radius 2 is 1.00 bits per heavy atom. The molecule has 0 bridgehead atoms. The molecular weight excluding hydrogens is 780 g/mol. The van der Waals surface area contributed by atoms with Gasteiger partial charge in [0, 0.05) is 38.9 Å². The monoisotopic (exact) mass is 820 g/mol. The lowest BCUT2D eigenvalue weighted by Crippen LogP contribution is -2.16. The van der Waals surface area contributed by atoms with Crippen molar-refractivity contribution in [3.63, 3.8) is 0 Å². The fourth-order valence-corrected chi connectivity index (χ4v) is 10.9. The SMILES string of the molecule is CC1(C)c2ccccc2-c2ccc(N(c3ccc(-c4ccccc4)cc3)c3ccc(-c4ccc5c(c4)c4c6ccc7cccc8ccc(cc4n5-c4ccc(F)cc4)c6c87)cc3)cc21. The van der Waals surface area contributed by atoms with E-state index in [-0.39, 0.29) is 11.2 Å². The van der Waals surface area contributed by atoms with Crippen molar-refractivity contribution in [3.8, 4) is 39.1 Å². The van der Waals surface area contributed by atoms with E-state index in [1.807, 2.05) is 12.1 Å². The average Bonchev–Trinajstić information content (AvgIpc) is 3.79. The Hall–Kier alpha value is -8.01. The van der Waals surface area contributed by atoms with Crippen LogP contribution in [0.25, 0.3) is 93.2 Å². The van der Waals surface area contributed by atoms with Gasteiger partial charge in [-0.2, -0.15) is 0 Å². The minimum Gasteiger partial charge on any atom is -0.310 e. The minimum absolute atomic E-state index is 0.122. The quantitative estimate of drug-likeness (QED) is 0.152. The molecule has 0 radical (unpaired) electrons. The van der Waals surface area contributed by atoms with Crippen LogP contribution in [-0.2, 0) is 5.41 Å². The van der Waals surface area contributed by atoms with Crippen molar-refractivity contribution >= 4 is 71.2 Å². The summed E-state index contributed by atoms with van der Waals surface area (Å²) in [4.78, 5) is 2.39. The van der Waals surface area contributed by atoms with E-state index < -0.39 is 0 Å². The molecule has 0 saturated heterocycles. The highest BCUT2D eigenvalue weighted by molar-refractivity contribution is 6.33. The van der Waals surface area contributed by atoms with Gasteiger partial charge in [-0.3, -0.25) is 0 Å². The third kappa shape index (κ3) is 5.44. The van der Waals surface area contributed by atoms with Crippen LogP contribution < -0.4 is 4.90 Å². The molecule has 2 nitrogen and oxygen atoms in total. The standard InChI is InChI=1S/C61H41FN2/c1-61(2)54-14-7-6-13-50(54)51-33-31-49(37-55(51)61)63(46-25-17-39(18-26-46)38-9-4-3-5-10-38)47-27-19-40(20-28-47)43-22-34-56-53(35-43)60-52-32-21-42-12-8-11-41-15-16-44(59(52)58(41)42)36-57(60)64(56)48-29-23-45(62)24-30-48/h3-37H,1-2H3. The largest absolute Gasteiger partial charge is 0.310 e. The molecule has 0 N–H and O–H groups in total. The fraction of sp³-hybridized carbons (Fsp3) is 0.0492. The van der Waals surface area contributed by atoms with Crippen molar-refractivity contribution in [2.45, 2.75) is 19.3 Å². The van der Waals surface area contributed by atoms with E-state index in [9.17, 15) is 4.39 Å². The molecule has 0 unspecified atom stereocenters. The van der Waals surface area contributed by atoms with Crippen LogP contribution in [-0.4, -0.2) is 4.57 Å². The molecule has 1 aromatic heterocycles. The first kappa shape index (κ1) is 36.6. The lowest BCUT2D eigenvalue weighted by molar-refractivity contribution is 0.627. The summed E-state index contributed by atoms with van der Waals surface area (Å²) in [6.45, 7) is 4.69. The zero-order chi connectivity index (χ0) is 42.7. The van der Waals surface area contributed by atoms with E-state index in [0.29, 0.717) is 0 Å².